The van der Waals surface area contributed by atoms with Crippen LogP contribution in [0.3, 0.4) is 0 Å². The normalized spacial score (nSPS) is 20.9. The summed E-state index contributed by atoms with van der Waals surface area (Å²) in [6.45, 7) is 2.05. The highest BCUT2D eigenvalue weighted by Gasteiger charge is 2.44. The Bertz CT molecular complexity index is 685. The molecule has 5 nitrogen and oxygen atoms in total. The molecular weight excluding hydrogens is 290 g/mol. The number of allylic oxidation sites excluding steroid dienone is 1. The van der Waals surface area contributed by atoms with Gasteiger partial charge in [0.1, 0.15) is 5.84 Å². The Morgan fingerprint density at radius 1 is 1.35 bits per heavy atom. The summed E-state index contributed by atoms with van der Waals surface area (Å²) in [4.78, 5) is 16.6. The van der Waals surface area contributed by atoms with Gasteiger partial charge in [0.2, 0.25) is 0 Å². The van der Waals surface area contributed by atoms with Gasteiger partial charge < -0.3 is 5.32 Å². The molecule has 0 aromatic heterocycles. The molecular formula is C18H21N3O2. The molecule has 3 N–H and O–H groups in total. The lowest BCUT2D eigenvalue weighted by Crippen LogP contribution is -2.23. The smallest absolute Gasteiger partial charge is 0.272 e. The minimum Gasteiger partial charge on any atom is -0.346 e. The van der Waals surface area contributed by atoms with Crippen LogP contribution in [-0.2, 0) is 10.3 Å². The molecule has 0 bridgehead atoms. The summed E-state index contributed by atoms with van der Waals surface area (Å²) in [5.74, 6) is 0.284. The van der Waals surface area contributed by atoms with Crippen molar-refractivity contribution in [1.82, 2.24) is 10.8 Å². The summed E-state index contributed by atoms with van der Waals surface area (Å²) in [5, 5.41) is 11.9. The van der Waals surface area contributed by atoms with E-state index in [9.17, 15) is 4.79 Å². The first-order chi connectivity index (χ1) is 11.2. The van der Waals surface area contributed by atoms with Gasteiger partial charge in [-0.25, -0.2) is 5.48 Å². The summed E-state index contributed by atoms with van der Waals surface area (Å²) in [6, 6.07) is 10.3. The standard InChI is InChI=1S/C18H21N3O2/c1-2-13-10-14(17(22)21-23)12-19-16(11-13)20-18(8-9-18)15-6-4-3-5-7-15/h3-7,11-12,23H,2,8-10H2,1H3,(H,19,20)(H,21,22). The predicted octanol–water partition coefficient (Wildman–Crippen LogP) is 2.79. The first kappa shape index (κ1) is 15.5. The molecule has 1 aromatic rings. The third-order valence-electron chi connectivity index (χ3n) is 4.37. The van der Waals surface area contributed by atoms with Crippen molar-refractivity contribution in [3.05, 3.63) is 59.3 Å². The average Bonchev–Trinajstić information content (AvgIpc) is 3.40. The topological polar surface area (TPSA) is 73.7 Å². The molecule has 0 radical (unpaired) electrons. The average molecular weight is 311 g/mol. The lowest BCUT2D eigenvalue weighted by atomic mass is 10.0. The van der Waals surface area contributed by atoms with E-state index in [1.54, 1.807) is 11.7 Å². The van der Waals surface area contributed by atoms with Crippen molar-refractivity contribution in [3.63, 3.8) is 0 Å². The zero-order valence-corrected chi connectivity index (χ0v) is 13.2. The number of hydrogen-bond donors (Lipinski definition) is 3. The number of nitrogens with zero attached hydrogens (tertiary/aromatic N) is 1. The van der Waals surface area contributed by atoms with Gasteiger partial charge in [0.25, 0.3) is 5.91 Å². The number of amidine groups is 1. The van der Waals surface area contributed by atoms with Crippen LogP contribution in [0.2, 0.25) is 0 Å². The van der Waals surface area contributed by atoms with Crippen LogP contribution in [0.25, 0.3) is 0 Å². The predicted molar refractivity (Wildman–Crippen MR) is 88.9 cm³/mol. The number of carbonyl (C=O) groups excluding carboxylic acids is 1. The minimum absolute atomic E-state index is 0.142. The first-order valence-corrected chi connectivity index (χ1v) is 7.92. The molecule has 3 rings (SSSR count). The van der Waals surface area contributed by atoms with E-state index in [4.69, 9.17) is 10.2 Å². The number of carbonyl (C=O) groups is 1. The van der Waals surface area contributed by atoms with Crippen molar-refractivity contribution in [2.75, 3.05) is 0 Å². The molecule has 23 heavy (non-hydrogen) atoms. The number of nitrogens with one attached hydrogen (secondary N) is 2. The van der Waals surface area contributed by atoms with Gasteiger partial charge in [0, 0.05) is 18.2 Å². The fraction of sp³-hybridized carbons (Fsp3) is 0.333. The van der Waals surface area contributed by atoms with Crippen molar-refractivity contribution < 1.29 is 10.0 Å². The zero-order chi connectivity index (χ0) is 16.3. The van der Waals surface area contributed by atoms with E-state index in [2.05, 4.69) is 17.4 Å². The van der Waals surface area contributed by atoms with Gasteiger partial charge in [-0.1, -0.05) is 42.8 Å². The number of amides is 1. The second-order valence-corrected chi connectivity index (χ2v) is 5.98. The van der Waals surface area contributed by atoms with Gasteiger partial charge in [0.05, 0.1) is 5.54 Å². The first-order valence-electron chi connectivity index (χ1n) is 7.92. The Morgan fingerprint density at radius 3 is 2.70 bits per heavy atom. The second-order valence-electron chi connectivity index (χ2n) is 5.98. The third-order valence-corrected chi connectivity index (χ3v) is 4.37. The maximum atomic E-state index is 11.7. The number of rotatable bonds is 4. The molecule has 1 heterocycles. The van der Waals surface area contributed by atoms with E-state index < -0.39 is 5.91 Å². The molecule has 0 atom stereocenters. The Kier molecular flexibility index (Phi) is 4.30. The van der Waals surface area contributed by atoms with Crippen LogP contribution in [0.15, 0.2) is 58.7 Å². The van der Waals surface area contributed by atoms with Crippen molar-refractivity contribution in [3.8, 4) is 0 Å². The summed E-state index contributed by atoms with van der Waals surface area (Å²) < 4.78 is 0. The van der Waals surface area contributed by atoms with Crippen LogP contribution in [0.5, 0.6) is 0 Å². The van der Waals surface area contributed by atoms with Gasteiger partial charge in [-0.3, -0.25) is 15.0 Å². The summed E-state index contributed by atoms with van der Waals surface area (Å²) in [5.41, 5.74) is 4.38. The van der Waals surface area contributed by atoms with Crippen LogP contribution in [0.1, 0.15) is 38.2 Å². The van der Waals surface area contributed by atoms with Gasteiger partial charge in [-0.05, 0) is 30.9 Å². The largest absolute Gasteiger partial charge is 0.346 e. The number of hydrogen-bond acceptors (Lipinski definition) is 3. The SMILES string of the molecule is CCC1=CC(=NC2(c3ccccc3)CC2)NC=C(C(=O)NO)C1. The molecule has 1 fully saturated rings. The molecule has 0 saturated heterocycles. The van der Waals surface area contributed by atoms with Crippen LogP contribution in [0.4, 0.5) is 0 Å². The molecule has 2 aliphatic rings. The Hall–Kier alpha value is -2.40. The summed E-state index contributed by atoms with van der Waals surface area (Å²) >= 11 is 0. The molecule has 1 amide bonds. The van der Waals surface area contributed by atoms with E-state index in [-0.39, 0.29) is 5.54 Å². The van der Waals surface area contributed by atoms with Gasteiger partial charge >= 0.3 is 0 Å². The zero-order valence-electron chi connectivity index (χ0n) is 13.2. The molecule has 1 saturated carbocycles. The molecule has 1 aliphatic carbocycles. The Labute approximate surface area is 135 Å². The monoisotopic (exact) mass is 311 g/mol. The van der Waals surface area contributed by atoms with Crippen molar-refractivity contribution in [2.45, 2.75) is 38.1 Å². The molecule has 1 aliphatic heterocycles. The Morgan fingerprint density at radius 2 is 2.09 bits per heavy atom. The number of hydroxylamine groups is 1. The summed E-state index contributed by atoms with van der Waals surface area (Å²) in [6.07, 6.45) is 7.04. The number of aliphatic imine (C=N–C) groups is 1. The van der Waals surface area contributed by atoms with Crippen molar-refractivity contribution in [2.24, 2.45) is 4.99 Å². The van der Waals surface area contributed by atoms with Crippen LogP contribution < -0.4 is 10.8 Å². The van der Waals surface area contributed by atoms with Gasteiger partial charge in [0.15, 0.2) is 0 Å². The number of benzene rings is 1. The second kappa shape index (κ2) is 6.38. The highest BCUT2D eigenvalue weighted by atomic mass is 16.5. The van der Waals surface area contributed by atoms with E-state index in [0.717, 1.165) is 30.7 Å². The maximum absolute atomic E-state index is 11.7. The van der Waals surface area contributed by atoms with Crippen molar-refractivity contribution >= 4 is 11.7 Å². The molecule has 0 spiro atoms. The molecule has 5 heteroatoms. The van der Waals surface area contributed by atoms with E-state index in [0.29, 0.717) is 12.0 Å². The van der Waals surface area contributed by atoms with Gasteiger partial charge in [-0.2, -0.15) is 0 Å². The van der Waals surface area contributed by atoms with Crippen LogP contribution in [-0.4, -0.2) is 17.0 Å². The third kappa shape index (κ3) is 3.35. The summed E-state index contributed by atoms with van der Waals surface area (Å²) in [7, 11) is 0. The minimum atomic E-state index is -0.484. The van der Waals surface area contributed by atoms with Crippen LogP contribution >= 0.6 is 0 Å². The Balaban J connectivity index is 1.90. The molecule has 1 aromatic carbocycles. The fourth-order valence-corrected chi connectivity index (χ4v) is 2.81. The van der Waals surface area contributed by atoms with Gasteiger partial charge in [-0.15, -0.1) is 0 Å². The van der Waals surface area contributed by atoms with E-state index in [1.165, 1.54) is 5.56 Å². The van der Waals surface area contributed by atoms with Crippen LogP contribution in [0, 0.1) is 0 Å². The molecule has 120 valence electrons. The highest BCUT2D eigenvalue weighted by molar-refractivity contribution is 5.99. The van der Waals surface area contributed by atoms with Crippen molar-refractivity contribution in [1.29, 1.82) is 0 Å². The van der Waals surface area contributed by atoms with E-state index >= 15 is 0 Å². The highest BCUT2D eigenvalue weighted by Crippen LogP contribution is 2.49. The fourth-order valence-electron chi connectivity index (χ4n) is 2.81. The lowest BCUT2D eigenvalue weighted by molar-refractivity contribution is -0.125. The quantitative estimate of drug-likeness (QED) is 0.591. The lowest BCUT2D eigenvalue weighted by Gasteiger charge is -2.12. The maximum Gasteiger partial charge on any atom is 0.272 e. The molecule has 0 unspecified atom stereocenters. The van der Waals surface area contributed by atoms with E-state index in [1.807, 2.05) is 31.2 Å².